The fourth-order valence-corrected chi connectivity index (χ4v) is 1.64. The standard InChI is InChI=1S/C9H16O8S/c1-3-4-6(11)9(17-18(14,15)16)8(13)7(12)5(2)10/h3,5,7-10,12-13H,1,4H2,2H3,(H,14,15,16)/t5-,7-,8+,9+/m1/s1. The van der Waals surface area contributed by atoms with Crippen LogP contribution in [0.2, 0.25) is 0 Å². The maximum Gasteiger partial charge on any atom is 0.398 e. The van der Waals surface area contributed by atoms with Crippen LogP contribution in [0.3, 0.4) is 0 Å². The van der Waals surface area contributed by atoms with Crippen LogP contribution >= 0.6 is 0 Å². The van der Waals surface area contributed by atoms with Gasteiger partial charge in [0.05, 0.1) is 6.10 Å². The van der Waals surface area contributed by atoms with Gasteiger partial charge in [0, 0.05) is 6.42 Å². The van der Waals surface area contributed by atoms with Crippen LogP contribution in [0.1, 0.15) is 13.3 Å². The Morgan fingerprint density at radius 3 is 2.17 bits per heavy atom. The molecule has 0 amide bonds. The average molecular weight is 284 g/mol. The van der Waals surface area contributed by atoms with Gasteiger partial charge in [-0.3, -0.25) is 9.35 Å². The summed E-state index contributed by atoms with van der Waals surface area (Å²) in [5, 5.41) is 27.9. The van der Waals surface area contributed by atoms with Crippen LogP contribution in [0, 0.1) is 0 Å². The highest BCUT2D eigenvalue weighted by atomic mass is 32.3. The highest BCUT2D eigenvalue weighted by Gasteiger charge is 2.37. The molecule has 0 fully saturated rings. The topological polar surface area (TPSA) is 141 Å². The maximum absolute atomic E-state index is 11.5. The van der Waals surface area contributed by atoms with E-state index < -0.39 is 40.6 Å². The first kappa shape index (κ1) is 17.2. The van der Waals surface area contributed by atoms with Crippen molar-refractivity contribution in [3.8, 4) is 0 Å². The molecule has 0 unspecified atom stereocenters. The molecule has 0 radical (unpaired) electrons. The van der Waals surface area contributed by atoms with Crippen molar-refractivity contribution in [2.24, 2.45) is 0 Å². The van der Waals surface area contributed by atoms with Gasteiger partial charge in [0.15, 0.2) is 11.9 Å². The van der Waals surface area contributed by atoms with Gasteiger partial charge in [-0.1, -0.05) is 6.08 Å². The van der Waals surface area contributed by atoms with Crippen LogP contribution < -0.4 is 0 Å². The summed E-state index contributed by atoms with van der Waals surface area (Å²) < 4.78 is 33.6. The number of hydrogen-bond acceptors (Lipinski definition) is 7. The summed E-state index contributed by atoms with van der Waals surface area (Å²) in [6, 6.07) is 0. The van der Waals surface area contributed by atoms with Crippen molar-refractivity contribution in [2.75, 3.05) is 0 Å². The smallest absolute Gasteiger partial charge is 0.391 e. The Bertz CT molecular complexity index is 387. The third kappa shape index (κ3) is 5.67. The predicted molar refractivity (Wildman–Crippen MR) is 59.9 cm³/mol. The molecule has 4 N–H and O–H groups in total. The van der Waals surface area contributed by atoms with Crippen molar-refractivity contribution < 1.29 is 37.3 Å². The van der Waals surface area contributed by atoms with E-state index in [1.54, 1.807) is 0 Å². The number of carbonyl (C=O) groups is 1. The number of hydrogen-bond donors (Lipinski definition) is 4. The molecule has 9 heteroatoms. The van der Waals surface area contributed by atoms with E-state index >= 15 is 0 Å². The van der Waals surface area contributed by atoms with Crippen LogP contribution in [0.4, 0.5) is 0 Å². The van der Waals surface area contributed by atoms with Crippen molar-refractivity contribution in [2.45, 2.75) is 37.8 Å². The van der Waals surface area contributed by atoms with E-state index in [1.807, 2.05) is 0 Å². The van der Waals surface area contributed by atoms with Gasteiger partial charge in [-0.05, 0) is 6.92 Å². The fraction of sp³-hybridized carbons (Fsp3) is 0.667. The second kappa shape index (κ2) is 6.92. The number of aliphatic hydroxyl groups is 3. The Morgan fingerprint density at radius 1 is 1.33 bits per heavy atom. The van der Waals surface area contributed by atoms with E-state index in [4.69, 9.17) is 9.66 Å². The zero-order valence-corrected chi connectivity index (χ0v) is 10.4. The third-order valence-electron chi connectivity index (χ3n) is 2.04. The minimum absolute atomic E-state index is 0.343. The normalized spacial score (nSPS) is 18.7. The Morgan fingerprint density at radius 2 is 1.83 bits per heavy atom. The van der Waals surface area contributed by atoms with E-state index in [0.717, 1.165) is 13.0 Å². The van der Waals surface area contributed by atoms with E-state index in [9.17, 15) is 23.4 Å². The molecule has 8 nitrogen and oxygen atoms in total. The fourth-order valence-electron chi connectivity index (χ4n) is 1.15. The lowest BCUT2D eigenvalue weighted by molar-refractivity contribution is -0.140. The number of Topliss-reactive ketones (excluding diaryl/α,β-unsaturated/α-hetero) is 1. The Labute approximate surface area is 104 Å². The molecule has 0 aliphatic rings. The first-order valence-corrected chi connectivity index (χ1v) is 6.30. The number of rotatable bonds is 8. The predicted octanol–water partition coefficient (Wildman–Crippen LogP) is -1.58. The van der Waals surface area contributed by atoms with Crippen molar-refractivity contribution in [3.63, 3.8) is 0 Å². The molecule has 0 aromatic rings. The lowest BCUT2D eigenvalue weighted by Gasteiger charge is -2.25. The minimum Gasteiger partial charge on any atom is -0.391 e. The molecular weight excluding hydrogens is 268 g/mol. The first-order valence-electron chi connectivity index (χ1n) is 4.93. The van der Waals surface area contributed by atoms with Gasteiger partial charge in [0.2, 0.25) is 0 Å². The second-order valence-electron chi connectivity index (χ2n) is 3.63. The lowest BCUT2D eigenvalue weighted by Crippen LogP contribution is -2.48. The maximum atomic E-state index is 11.5. The van der Waals surface area contributed by atoms with Crippen LogP contribution in [-0.2, 0) is 19.4 Å². The van der Waals surface area contributed by atoms with Crippen molar-refractivity contribution in [3.05, 3.63) is 12.7 Å². The molecule has 0 aromatic heterocycles. The Kier molecular flexibility index (Phi) is 6.60. The Hall–Kier alpha value is -0.840. The van der Waals surface area contributed by atoms with Crippen LogP contribution in [0.15, 0.2) is 12.7 Å². The Balaban J connectivity index is 5.08. The molecule has 18 heavy (non-hydrogen) atoms. The number of aliphatic hydroxyl groups excluding tert-OH is 3. The van der Waals surface area contributed by atoms with Gasteiger partial charge < -0.3 is 15.3 Å². The molecule has 0 aromatic carbocycles. The zero-order valence-electron chi connectivity index (χ0n) is 9.63. The summed E-state index contributed by atoms with van der Waals surface area (Å²) in [4.78, 5) is 11.5. The summed E-state index contributed by atoms with van der Waals surface area (Å²) in [6.45, 7) is 4.36. The summed E-state index contributed by atoms with van der Waals surface area (Å²) in [7, 11) is -5.00. The average Bonchev–Trinajstić information content (AvgIpc) is 2.22. The summed E-state index contributed by atoms with van der Waals surface area (Å²) in [5.74, 6) is -0.921. The van der Waals surface area contributed by atoms with Crippen LogP contribution in [0.25, 0.3) is 0 Å². The molecule has 0 saturated heterocycles. The molecule has 106 valence electrons. The quantitative estimate of drug-likeness (QED) is 0.309. The van der Waals surface area contributed by atoms with Gasteiger partial charge in [0.25, 0.3) is 0 Å². The minimum atomic E-state index is -5.00. The highest BCUT2D eigenvalue weighted by Crippen LogP contribution is 2.13. The van der Waals surface area contributed by atoms with E-state index in [1.165, 1.54) is 0 Å². The van der Waals surface area contributed by atoms with Gasteiger partial charge in [-0.25, -0.2) is 4.18 Å². The van der Waals surface area contributed by atoms with Gasteiger partial charge in [-0.15, -0.1) is 6.58 Å². The van der Waals surface area contributed by atoms with Gasteiger partial charge in [0.1, 0.15) is 12.2 Å². The number of ketones is 1. The van der Waals surface area contributed by atoms with E-state index in [0.29, 0.717) is 0 Å². The third-order valence-corrected chi connectivity index (χ3v) is 2.49. The summed E-state index contributed by atoms with van der Waals surface area (Å²) in [6.07, 6.45) is -6.50. The van der Waals surface area contributed by atoms with Crippen molar-refractivity contribution >= 4 is 16.2 Å². The molecule has 0 heterocycles. The van der Waals surface area contributed by atoms with E-state index in [-0.39, 0.29) is 6.42 Å². The molecule has 0 spiro atoms. The molecular formula is C9H16O8S. The molecule has 0 aliphatic carbocycles. The second-order valence-corrected chi connectivity index (χ2v) is 4.67. The summed E-state index contributed by atoms with van der Waals surface area (Å²) >= 11 is 0. The lowest BCUT2D eigenvalue weighted by atomic mass is 9.99. The monoisotopic (exact) mass is 284 g/mol. The largest absolute Gasteiger partial charge is 0.398 e. The van der Waals surface area contributed by atoms with Crippen molar-refractivity contribution in [1.82, 2.24) is 0 Å². The highest BCUT2D eigenvalue weighted by molar-refractivity contribution is 7.80. The summed E-state index contributed by atoms with van der Waals surface area (Å²) in [5.41, 5.74) is 0. The van der Waals surface area contributed by atoms with Crippen LogP contribution in [-0.4, -0.2) is 58.5 Å². The first-order chi connectivity index (χ1) is 8.10. The van der Waals surface area contributed by atoms with E-state index in [2.05, 4.69) is 10.8 Å². The molecule has 0 aliphatic heterocycles. The van der Waals surface area contributed by atoms with Crippen molar-refractivity contribution in [1.29, 1.82) is 0 Å². The molecule has 0 bridgehead atoms. The van der Waals surface area contributed by atoms with Crippen LogP contribution in [0.5, 0.6) is 0 Å². The molecule has 4 atom stereocenters. The SMILES string of the molecule is C=CCC(=O)[C@H](OS(=O)(=O)O)[C@@H](O)[C@H](O)[C@@H](C)O. The number of carbonyl (C=O) groups excluding carboxylic acids is 1. The zero-order chi connectivity index (χ0) is 14.5. The molecule has 0 saturated carbocycles. The number of allylic oxidation sites excluding steroid dienone is 1. The van der Waals surface area contributed by atoms with Gasteiger partial charge in [-0.2, -0.15) is 8.42 Å². The van der Waals surface area contributed by atoms with Gasteiger partial charge >= 0.3 is 10.4 Å². The molecule has 0 rings (SSSR count).